The Hall–Kier alpha value is -3.84. The van der Waals surface area contributed by atoms with Crippen LogP contribution < -0.4 is 10.1 Å². The number of amides is 2. The second kappa shape index (κ2) is 12.1. The lowest BCUT2D eigenvalue weighted by atomic mass is 10.0. The molecule has 7 nitrogen and oxygen atoms in total. The number of hydrogen-bond donors (Lipinski definition) is 1. The Labute approximate surface area is 224 Å². The lowest BCUT2D eigenvalue weighted by molar-refractivity contribution is 0.0594. The van der Waals surface area contributed by atoms with Crippen LogP contribution in [0, 0.1) is 0 Å². The fourth-order valence-electron chi connectivity index (χ4n) is 5.44. The van der Waals surface area contributed by atoms with Crippen molar-refractivity contribution in [2.75, 3.05) is 38.6 Å². The average Bonchev–Trinajstić information content (AvgIpc) is 3.65. The molecule has 2 aliphatic heterocycles. The highest BCUT2D eigenvalue weighted by molar-refractivity contribution is 5.96. The molecular weight excluding hydrogens is 478 g/mol. The zero-order valence-electron chi connectivity index (χ0n) is 21.8. The average molecular weight is 514 g/mol. The first-order valence-electron chi connectivity index (χ1n) is 13.4. The molecule has 0 saturated carbocycles. The van der Waals surface area contributed by atoms with Gasteiger partial charge in [0.05, 0.1) is 7.11 Å². The van der Waals surface area contributed by atoms with Gasteiger partial charge in [0, 0.05) is 24.8 Å². The van der Waals surface area contributed by atoms with Gasteiger partial charge in [0.25, 0.3) is 0 Å². The van der Waals surface area contributed by atoms with Crippen LogP contribution in [0.4, 0.5) is 10.5 Å². The van der Waals surface area contributed by atoms with Crippen molar-refractivity contribution < 1.29 is 19.1 Å². The topological polar surface area (TPSA) is 71.1 Å². The monoisotopic (exact) mass is 513 g/mol. The summed E-state index contributed by atoms with van der Waals surface area (Å²) >= 11 is 0. The van der Waals surface area contributed by atoms with Crippen LogP contribution in [-0.4, -0.2) is 61.1 Å². The summed E-state index contributed by atoms with van der Waals surface area (Å²) in [6, 6.07) is 25.0. The molecule has 0 aromatic heterocycles. The van der Waals surface area contributed by atoms with Gasteiger partial charge in [-0.3, -0.25) is 0 Å². The van der Waals surface area contributed by atoms with Crippen molar-refractivity contribution in [3.8, 4) is 5.75 Å². The number of carbonyl (C=O) groups excluding carboxylic acids is 2. The summed E-state index contributed by atoms with van der Waals surface area (Å²) in [5.41, 5.74) is 2.72. The molecule has 0 spiro atoms. The van der Waals surface area contributed by atoms with Crippen LogP contribution in [-0.2, 0) is 4.74 Å². The van der Waals surface area contributed by atoms with Crippen molar-refractivity contribution in [2.24, 2.45) is 0 Å². The number of hydrogen-bond acceptors (Lipinski definition) is 5. The molecule has 2 heterocycles. The first kappa shape index (κ1) is 25.8. The fraction of sp³-hybridized carbons (Fsp3) is 0.355. The maximum Gasteiger partial charge on any atom is 0.341 e. The standard InChI is InChI=1S/C31H35N3O4/c1-37-30(35)27-21-25(32-31(36)34-20-10-15-26(34)22-33-18-8-9-19-33)16-17-28(27)38-29(23-11-4-2-5-12-23)24-13-6-3-7-14-24/h2-7,11-14,16-17,21,26,29H,8-10,15,18-20,22H2,1H3,(H,32,36). The van der Waals surface area contributed by atoms with Crippen molar-refractivity contribution in [1.82, 2.24) is 9.80 Å². The van der Waals surface area contributed by atoms with E-state index in [0.717, 1.165) is 50.1 Å². The lowest BCUT2D eigenvalue weighted by Gasteiger charge is -2.28. The van der Waals surface area contributed by atoms with Crippen LogP contribution in [0.5, 0.6) is 5.75 Å². The van der Waals surface area contributed by atoms with Crippen molar-refractivity contribution in [2.45, 2.75) is 37.8 Å². The summed E-state index contributed by atoms with van der Waals surface area (Å²) in [5.74, 6) is -0.135. The molecule has 5 rings (SSSR count). The van der Waals surface area contributed by atoms with Crippen LogP contribution in [0.1, 0.15) is 53.3 Å². The number of carbonyl (C=O) groups is 2. The second-order valence-electron chi connectivity index (χ2n) is 9.95. The Bertz CT molecular complexity index is 1190. The molecule has 3 aromatic rings. The fourth-order valence-corrected chi connectivity index (χ4v) is 5.44. The Morgan fingerprint density at radius 3 is 2.18 bits per heavy atom. The van der Waals surface area contributed by atoms with E-state index in [-0.39, 0.29) is 17.6 Å². The molecule has 1 atom stereocenters. The highest BCUT2D eigenvalue weighted by Crippen LogP contribution is 2.33. The predicted octanol–water partition coefficient (Wildman–Crippen LogP) is 5.73. The zero-order valence-corrected chi connectivity index (χ0v) is 21.8. The van der Waals surface area contributed by atoms with Crippen LogP contribution in [0.15, 0.2) is 78.9 Å². The van der Waals surface area contributed by atoms with Gasteiger partial charge in [-0.2, -0.15) is 0 Å². The third-order valence-corrected chi connectivity index (χ3v) is 7.39. The summed E-state index contributed by atoms with van der Waals surface area (Å²) in [6.45, 7) is 3.89. The Morgan fingerprint density at radius 2 is 1.55 bits per heavy atom. The molecule has 0 radical (unpaired) electrons. The van der Waals surface area contributed by atoms with E-state index in [1.54, 1.807) is 18.2 Å². The SMILES string of the molecule is COC(=O)c1cc(NC(=O)N2CCCC2CN2CCCC2)ccc1OC(c1ccccc1)c1ccccc1. The Morgan fingerprint density at radius 1 is 0.895 bits per heavy atom. The van der Waals surface area contributed by atoms with E-state index in [1.807, 2.05) is 65.6 Å². The molecule has 1 unspecified atom stereocenters. The van der Waals surface area contributed by atoms with Gasteiger partial charge < -0.3 is 24.6 Å². The molecule has 7 heteroatoms. The van der Waals surface area contributed by atoms with E-state index < -0.39 is 12.1 Å². The number of rotatable bonds is 8. The second-order valence-corrected chi connectivity index (χ2v) is 9.95. The largest absolute Gasteiger partial charge is 0.480 e. The highest BCUT2D eigenvalue weighted by atomic mass is 16.5. The zero-order chi connectivity index (χ0) is 26.3. The summed E-state index contributed by atoms with van der Waals surface area (Å²) < 4.78 is 11.5. The van der Waals surface area contributed by atoms with Crippen LogP contribution in [0.2, 0.25) is 0 Å². The van der Waals surface area contributed by atoms with Crippen LogP contribution in [0.3, 0.4) is 0 Å². The number of urea groups is 1. The molecule has 2 saturated heterocycles. The van der Waals surface area contributed by atoms with Crippen molar-refractivity contribution >= 4 is 17.7 Å². The minimum atomic E-state index is -0.524. The van der Waals surface area contributed by atoms with Gasteiger partial charge in [0.15, 0.2) is 0 Å². The molecule has 38 heavy (non-hydrogen) atoms. The first-order chi connectivity index (χ1) is 18.6. The minimum Gasteiger partial charge on any atom is -0.480 e. The smallest absolute Gasteiger partial charge is 0.341 e. The van der Waals surface area contributed by atoms with E-state index in [2.05, 4.69) is 10.2 Å². The summed E-state index contributed by atoms with van der Waals surface area (Å²) in [7, 11) is 1.34. The number of ether oxygens (including phenoxy) is 2. The molecular formula is C31H35N3O4. The molecule has 0 bridgehead atoms. The molecule has 198 valence electrons. The van der Waals surface area contributed by atoms with E-state index in [4.69, 9.17) is 9.47 Å². The molecule has 1 N–H and O–H groups in total. The number of benzene rings is 3. The molecule has 2 amide bonds. The van der Waals surface area contributed by atoms with E-state index in [9.17, 15) is 9.59 Å². The van der Waals surface area contributed by atoms with Crippen LogP contribution in [0.25, 0.3) is 0 Å². The van der Waals surface area contributed by atoms with Gasteiger partial charge in [-0.25, -0.2) is 9.59 Å². The van der Waals surface area contributed by atoms with E-state index in [0.29, 0.717) is 11.4 Å². The van der Waals surface area contributed by atoms with Crippen molar-refractivity contribution in [3.05, 3.63) is 95.6 Å². The predicted molar refractivity (Wildman–Crippen MR) is 148 cm³/mol. The van der Waals surface area contributed by atoms with Gasteiger partial charge >= 0.3 is 12.0 Å². The van der Waals surface area contributed by atoms with Crippen molar-refractivity contribution in [1.29, 1.82) is 0 Å². The summed E-state index contributed by atoms with van der Waals surface area (Å²) in [6.07, 6.45) is 4.08. The number of esters is 1. The number of anilines is 1. The highest BCUT2D eigenvalue weighted by Gasteiger charge is 2.31. The van der Waals surface area contributed by atoms with Crippen molar-refractivity contribution in [3.63, 3.8) is 0 Å². The number of likely N-dealkylation sites (tertiary alicyclic amines) is 2. The molecule has 3 aromatic carbocycles. The normalized spacial score (nSPS) is 17.5. The number of nitrogens with one attached hydrogen (secondary N) is 1. The quantitative estimate of drug-likeness (QED) is 0.389. The van der Waals surface area contributed by atoms with Gasteiger partial charge in [-0.15, -0.1) is 0 Å². The Balaban J connectivity index is 1.36. The summed E-state index contributed by atoms with van der Waals surface area (Å²) in [5, 5.41) is 3.01. The van der Waals surface area contributed by atoms with Gasteiger partial charge in [-0.1, -0.05) is 60.7 Å². The lowest BCUT2D eigenvalue weighted by Crippen LogP contribution is -2.44. The number of methoxy groups -OCH3 is 1. The third-order valence-electron chi connectivity index (χ3n) is 7.39. The van der Waals surface area contributed by atoms with Gasteiger partial charge in [-0.05, 0) is 68.1 Å². The molecule has 2 fully saturated rings. The van der Waals surface area contributed by atoms with E-state index >= 15 is 0 Å². The van der Waals surface area contributed by atoms with E-state index in [1.165, 1.54) is 20.0 Å². The summed E-state index contributed by atoms with van der Waals surface area (Å²) in [4.78, 5) is 30.4. The van der Waals surface area contributed by atoms with Gasteiger partial charge in [0.1, 0.15) is 17.4 Å². The molecule has 2 aliphatic rings. The maximum absolute atomic E-state index is 13.2. The molecule has 0 aliphatic carbocycles. The Kier molecular flexibility index (Phi) is 8.24. The first-order valence-corrected chi connectivity index (χ1v) is 13.4. The third kappa shape index (κ3) is 6.00. The minimum absolute atomic E-state index is 0.136. The number of nitrogens with zero attached hydrogens (tertiary/aromatic N) is 2. The van der Waals surface area contributed by atoms with Crippen LogP contribution >= 0.6 is 0 Å². The van der Waals surface area contributed by atoms with Gasteiger partial charge in [0.2, 0.25) is 0 Å². The maximum atomic E-state index is 13.2.